The minimum Gasteiger partial charge on any atom is -0.367 e. The molecular formula is C27H29N9O. The molecule has 10 nitrogen and oxygen atoms in total. The molecule has 1 aliphatic heterocycles. The number of likely N-dealkylation sites (N-methyl/N-ethyl adjacent to an activating group) is 1. The Hall–Kier alpha value is -4.31. The zero-order valence-corrected chi connectivity index (χ0v) is 21.1. The first-order valence-corrected chi connectivity index (χ1v) is 12.5. The molecule has 0 saturated carbocycles. The number of H-pyrrole nitrogens is 2. The monoisotopic (exact) mass is 495 g/mol. The third-order valence-corrected chi connectivity index (χ3v) is 6.85. The van der Waals surface area contributed by atoms with Gasteiger partial charge in [0, 0.05) is 55.6 Å². The number of benzene rings is 1. The molecule has 37 heavy (non-hydrogen) atoms. The molecule has 1 aromatic carbocycles. The molecule has 6 rings (SSSR count). The summed E-state index contributed by atoms with van der Waals surface area (Å²) in [5, 5.41) is 11.3. The van der Waals surface area contributed by atoms with E-state index in [9.17, 15) is 4.79 Å². The molecular weight excluding hydrogens is 466 g/mol. The van der Waals surface area contributed by atoms with Gasteiger partial charge in [0.2, 0.25) is 5.91 Å². The molecule has 0 unspecified atom stereocenters. The van der Waals surface area contributed by atoms with E-state index in [2.05, 4.69) is 65.5 Å². The van der Waals surface area contributed by atoms with Crippen LogP contribution >= 0.6 is 0 Å². The highest BCUT2D eigenvalue weighted by Crippen LogP contribution is 2.32. The largest absolute Gasteiger partial charge is 0.367 e. The topological polar surface area (TPSA) is 119 Å². The summed E-state index contributed by atoms with van der Waals surface area (Å²) in [7, 11) is 2.16. The Kier molecular flexibility index (Phi) is 5.80. The van der Waals surface area contributed by atoms with Crippen molar-refractivity contribution in [1.82, 2.24) is 35.0 Å². The standard InChI is InChI=1S/C27H29N9O/c1-16(2)27(37)30-19-11-17(13-28-15-19)18-12-20-23(33-34-25(20)29-14-18)26-31-21-5-4-6-22(24(21)32-26)36-9-7-35(3)8-10-36/h4-6,11-16H,7-10H2,1-3H3,(H,30,37)(H,31,32)(H,29,33,34). The molecule has 5 heterocycles. The summed E-state index contributed by atoms with van der Waals surface area (Å²) in [4.78, 5) is 34.2. The van der Waals surface area contributed by atoms with Gasteiger partial charge >= 0.3 is 0 Å². The number of pyridine rings is 2. The molecule has 4 aromatic heterocycles. The van der Waals surface area contributed by atoms with Gasteiger partial charge in [0.05, 0.1) is 28.5 Å². The molecule has 3 N–H and O–H groups in total. The van der Waals surface area contributed by atoms with Crippen molar-refractivity contribution in [3.63, 3.8) is 0 Å². The van der Waals surface area contributed by atoms with Crippen LogP contribution in [0.5, 0.6) is 0 Å². The second kappa shape index (κ2) is 9.29. The maximum absolute atomic E-state index is 12.1. The van der Waals surface area contributed by atoms with E-state index in [-0.39, 0.29) is 11.8 Å². The number of imidazole rings is 1. The first-order valence-electron chi connectivity index (χ1n) is 12.5. The zero-order chi connectivity index (χ0) is 25.5. The Morgan fingerprint density at radius 1 is 1.05 bits per heavy atom. The van der Waals surface area contributed by atoms with Gasteiger partial charge < -0.3 is 20.1 Å². The molecule has 1 aliphatic rings. The lowest BCUT2D eigenvalue weighted by Crippen LogP contribution is -2.44. The molecule has 5 aromatic rings. The lowest BCUT2D eigenvalue weighted by molar-refractivity contribution is -0.118. The Balaban J connectivity index is 1.36. The van der Waals surface area contributed by atoms with Gasteiger partial charge in [0.25, 0.3) is 0 Å². The Bertz CT molecular complexity index is 1590. The van der Waals surface area contributed by atoms with Crippen molar-refractivity contribution in [1.29, 1.82) is 0 Å². The third kappa shape index (κ3) is 4.40. The van der Waals surface area contributed by atoms with Crippen LogP contribution in [0.3, 0.4) is 0 Å². The van der Waals surface area contributed by atoms with E-state index in [1.165, 1.54) is 0 Å². The average Bonchev–Trinajstić information content (AvgIpc) is 3.53. The number of nitrogens with zero attached hydrogens (tertiary/aromatic N) is 6. The summed E-state index contributed by atoms with van der Waals surface area (Å²) in [5.74, 6) is 0.551. The minimum absolute atomic E-state index is 0.0505. The van der Waals surface area contributed by atoms with Gasteiger partial charge in [-0.25, -0.2) is 9.97 Å². The number of para-hydroxylation sites is 1. The molecule has 1 fully saturated rings. The van der Waals surface area contributed by atoms with Crippen LogP contribution in [-0.4, -0.2) is 74.2 Å². The van der Waals surface area contributed by atoms with Crippen LogP contribution in [0, 0.1) is 5.92 Å². The summed E-state index contributed by atoms with van der Waals surface area (Å²) in [6.45, 7) is 7.73. The number of amides is 1. The van der Waals surface area contributed by atoms with Crippen LogP contribution in [0.1, 0.15) is 13.8 Å². The molecule has 0 atom stereocenters. The highest BCUT2D eigenvalue weighted by molar-refractivity contribution is 5.96. The number of hydrogen-bond donors (Lipinski definition) is 3. The first kappa shape index (κ1) is 23.1. The van der Waals surface area contributed by atoms with Crippen molar-refractivity contribution in [2.24, 2.45) is 5.92 Å². The first-order chi connectivity index (χ1) is 18.0. The second-order valence-electron chi connectivity index (χ2n) is 9.85. The predicted molar refractivity (Wildman–Crippen MR) is 145 cm³/mol. The van der Waals surface area contributed by atoms with Gasteiger partial charge in [0.1, 0.15) is 11.2 Å². The number of hydrogen-bond acceptors (Lipinski definition) is 7. The number of aromatic amines is 2. The summed E-state index contributed by atoms with van der Waals surface area (Å²) in [6.07, 6.45) is 5.17. The van der Waals surface area contributed by atoms with Gasteiger partial charge in [-0.2, -0.15) is 5.10 Å². The summed E-state index contributed by atoms with van der Waals surface area (Å²) >= 11 is 0. The van der Waals surface area contributed by atoms with Crippen molar-refractivity contribution < 1.29 is 4.79 Å². The van der Waals surface area contributed by atoms with Gasteiger partial charge in [-0.15, -0.1) is 0 Å². The molecule has 0 spiro atoms. The van der Waals surface area contributed by atoms with Crippen LogP contribution < -0.4 is 10.2 Å². The van der Waals surface area contributed by atoms with E-state index in [1.807, 2.05) is 26.0 Å². The van der Waals surface area contributed by atoms with Crippen molar-refractivity contribution in [3.05, 3.63) is 48.9 Å². The summed E-state index contributed by atoms with van der Waals surface area (Å²) < 4.78 is 0. The quantitative estimate of drug-likeness (QED) is 0.338. The van der Waals surface area contributed by atoms with Crippen LogP contribution in [0.15, 0.2) is 48.9 Å². The minimum atomic E-state index is -0.115. The second-order valence-corrected chi connectivity index (χ2v) is 9.85. The molecule has 1 saturated heterocycles. The fraction of sp³-hybridized carbons (Fsp3) is 0.296. The van der Waals surface area contributed by atoms with Gasteiger partial charge in [-0.1, -0.05) is 19.9 Å². The van der Waals surface area contributed by atoms with Crippen molar-refractivity contribution in [2.45, 2.75) is 13.8 Å². The van der Waals surface area contributed by atoms with E-state index in [4.69, 9.17) is 4.98 Å². The molecule has 10 heteroatoms. The number of carbonyl (C=O) groups excluding carboxylic acids is 1. The van der Waals surface area contributed by atoms with Gasteiger partial charge in [-0.05, 0) is 31.3 Å². The van der Waals surface area contributed by atoms with E-state index in [0.29, 0.717) is 17.2 Å². The maximum atomic E-state index is 12.1. The Labute approximate surface area is 214 Å². The smallest absolute Gasteiger partial charge is 0.226 e. The number of carbonyl (C=O) groups is 1. The van der Waals surface area contributed by atoms with Crippen LogP contribution in [0.4, 0.5) is 11.4 Å². The predicted octanol–water partition coefficient (Wildman–Crippen LogP) is 3.91. The number of piperazine rings is 1. The molecule has 0 bridgehead atoms. The normalized spacial score (nSPS) is 14.6. The number of aromatic nitrogens is 6. The van der Waals surface area contributed by atoms with Crippen molar-refractivity contribution >= 4 is 39.3 Å². The molecule has 1 amide bonds. The number of anilines is 2. The van der Waals surface area contributed by atoms with Crippen molar-refractivity contribution in [2.75, 3.05) is 43.4 Å². The molecule has 188 valence electrons. The third-order valence-electron chi connectivity index (χ3n) is 6.85. The Morgan fingerprint density at radius 3 is 2.68 bits per heavy atom. The average molecular weight is 496 g/mol. The Morgan fingerprint density at radius 2 is 1.86 bits per heavy atom. The lowest BCUT2D eigenvalue weighted by Gasteiger charge is -2.34. The number of fused-ring (bicyclic) bond motifs is 2. The van der Waals surface area contributed by atoms with Crippen LogP contribution in [0.2, 0.25) is 0 Å². The number of nitrogens with one attached hydrogen (secondary N) is 3. The number of rotatable bonds is 5. The highest BCUT2D eigenvalue weighted by Gasteiger charge is 2.20. The van der Waals surface area contributed by atoms with E-state index in [0.717, 1.165) is 65.1 Å². The van der Waals surface area contributed by atoms with Crippen molar-refractivity contribution in [3.8, 4) is 22.6 Å². The van der Waals surface area contributed by atoms with E-state index >= 15 is 0 Å². The SMILES string of the molecule is CC(C)C(=O)Nc1cncc(-c2cnc3n[nH]c(-c4nc5c(N6CCN(C)CC6)cccc5[nH]4)c3c2)c1. The van der Waals surface area contributed by atoms with E-state index in [1.54, 1.807) is 18.6 Å². The maximum Gasteiger partial charge on any atom is 0.226 e. The van der Waals surface area contributed by atoms with Gasteiger partial charge in [0.15, 0.2) is 11.5 Å². The summed E-state index contributed by atoms with van der Waals surface area (Å²) in [6, 6.07) is 10.2. The summed E-state index contributed by atoms with van der Waals surface area (Å²) in [5.41, 5.74) is 6.84. The molecule has 0 aliphatic carbocycles. The van der Waals surface area contributed by atoms with Gasteiger partial charge in [-0.3, -0.25) is 14.9 Å². The zero-order valence-electron chi connectivity index (χ0n) is 21.1. The lowest BCUT2D eigenvalue weighted by atomic mass is 10.1. The highest BCUT2D eigenvalue weighted by atomic mass is 16.1. The van der Waals surface area contributed by atoms with E-state index < -0.39 is 0 Å². The van der Waals surface area contributed by atoms with Crippen LogP contribution in [0.25, 0.3) is 44.7 Å². The van der Waals surface area contributed by atoms with Crippen LogP contribution in [-0.2, 0) is 4.79 Å². The fourth-order valence-electron chi connectivity index (χ4n) is 4.63. The molecule has 0 radical (unpaired) electrons. The fourth-order valence-corrected chi connectivity index (χ4v) is 4.63.